The lowest BCUT2D eigenvalue weighted by Gasteiger charge is -2.33. The largest absolute Gasteiger partial charge is 0.352 e. The number of piperidine rings is 1. The fraction of sp³-hybridized carbons (Fsp3) is 0.524. The van der Waals surface area contributed by atoms with Crippen LogP contribution in [0.2, 0.25) is 0 Å². The fourth-order valence-electron chi connectivity index (χ4n) is 3.77. The summed E-state index contributed by atoms with van der Waals surface area (Å²) in [6, 6.07) is 3.54. The molecule has 1 atom stereocenters. The second-order valence-electron chi connectivity index (χ2n) is 7.79. The Balaban J connectivity index is 1.45. The highest BCUT2D eigenvalue weighted by Gasteiger charge is 2.29. The molecule has 2 heterocycles. The summed E-state index contributed by atoms with van der Waals surface area (Å²) in [5.74, 6) is -2.05. The van der Waals surface area contributed by atoms with Crippen LogP contribution < -0.4 is 5.32 Å². The molecule has 0 unspecified atom stereocenters. The molecule has 3 rings (SSSR count). The Morgan fingerprint density at radius 3 is 2.77 bits per heavy atom. The average Bonchev–Trinajstić information content (AvgIpc) is 2.74. The number of halogens is 2. The maximum Gasteiger partial charge on any atom is 0.270 e. The Bertz CT molecular complexity index is 859. The third-order valence-corrected chi connectivity index (χ3v) is 5.51. The molecule has 0 aliphatic carbocycles. The molecule has 0 bridgehead atoms. The number of hydrogen-bond donors (Lipinski definition) is 1. The highest BCUT2D eigenvalue weighted by molar-refractivity contribution is 6.39. The zero-order chi connectivity index (χ0) is 21.7. The summed E-state index contributed by atoms with van der Waals surface area (Å²) in [5.41, 5.74) is 0.899. The van der Waals surface area contributed by atoms with Crippen LogP contribution in [0.3, 0.4) is 0 Å². The highest BCUT2D eigenvalue weighted by Crippen LogP contribution is 2.22. The molecule has 1 aromatic carbocycles. The summed E-state index contributed by atoms with van der Waals surface area (Å²) in [6.07, 6.45) is 3.37. The van der Waals surface area contributed by atoms with Gasteiger partial charge in [-0.2, -0.15) is 5.10 Å². The molecule has 2 aliphatic heterocycles. The van der Waals surface area contributed by atoms with E-state index in [1.54, 1.807) is 11.9 Å². The first-order valence-corrected chi connectivity index (χ1v) is 10.2. The first-order chi connectivity index (χ1) is 14.3. The Morgan fingerprint density at radius 2 is 2.03 bits per heavy atom. The van der Waals surface area contributed by atoms with Gasteiger partial charge >= 0.3 is 0 Å². The van der Waals surface area contributed by atoms with Crippen molar-refractivity contribution in [1.82, 2.24) is 15.2 Å². The smallest absolute Gasteiger partial charge is 0.270 e. The molecular formula is C21H26F2N4O3. The molecule has 0 aromatic heterocycles. The van der Waals surface area contributed by atoms with E-state index in [1.165, 1.54) is 11.1 Å². The molecule has 30 heavy (non-hydrogen) atoms. The van der Waals surface area contributed by atoms with Crippen molar-refractivity contribution in [2.24, 2.45) is 11.0 Å². The van der Waals surface area contributed by atoms with Gasteiger partial charge in [-0.15, -0.1) is 0 Å². The van der Waals surface area contributed by atoms with Gasteiger partial charge in [0.2, 0.25) is 11.8 Å². The van der Waals surface area contributed by atoms with Gasteiger partial charge in [-0.25, -0.2) is 13.8 Å². The van der Waals surface area contributed by atoms with Crippen LogP contribution in [-0.4, -0.2) is 53.5 Å². The molecule has 1 aromatic rings. The number of hydrogen-bond acceptors (Lipinski definition) is 4. The van der Waals surface area contributed by atoms with E-state index in [-0.39, 0.29) is 36.6 Å². The molecule has 162 valence electrons. The van der Waals surface area contributed by atoms with Crippen molar-refractivity contribution in [2.75, 3.05) is 20.1 Å². The number of carbonyl (C=O) groups excluding carboxylic acids is 3. The number of likely N-dealkylation sites (tertiary alicyclic amines) is 1. The number of amides is 3. The highest BCUT2D eigenvalue weighted by atomic mass is 19.2. The summed E-state index contributed by atoms with van der Waals surface area (Å²) in [6.45, 7) is 1.34. The van der Waals surface area contributed by atoms with Crippen LogP contribution in [0.4, 0.5) is 8.78 Å². The second-order valence-corrected chi connectivity index (χ2v) is 7.79. The Labute approximate surface area is 174 Å². The number of nitrogens with one attached hydrogen (secondary N) is 1. The maximum atomic E-state index is 13.2. The van der Waals surface area contributed by atoms with Crippen molar-refractivity contribution in [3.63, 3.8) is 0 Å². The average molecular weight is 420 g/mol. The van der Waals surface area contributed by atoms with Crippen LogP contribution in [0.5, 0.6) is 0 Å². The monoisotopic (exact) mass is 420 g/mol. The minimum Gasteiger partial charge on any atom is -0.352 e. The van der Waals surface area contributed by atoms with Gasteiger partial charge < -0.3 is 10.2 Å². The molecule has 0 spiro atoms. The van der Waals surface area contributed by atoms with Crippen molar-refractivity contribution in [2.45, 2.75) is 45.1 Å². The van der Waals surface area contributed by atoms with Crippen molar-refractivity contribution in [3.05, 3.63) is 35.4 Å². The molecule has 0 radical (unpaired) electrons. The predicted octanol–water partition coefficient (Wildman–Crippen LogP) is 2.21. The third kappa shape index (κ3) is 5.61. The molecule has 0 saturated carbocycles. The zero-order valence-corrected chi connectivity index (χ0v) is 17.0. The van der Waals surface area contributed by atoms with E-state index in [0.717, 1.165) is 25.0 Å². The molecular weight excluding hydrogens is 394 g/mol. The SMILES string of the molecule is CN1N=C(C(=O)N2CCC[C@H](CCC(=O)NCc3ccc(F)c(F)c3)C2)CCC1=O. The van der Waals surface area contributed by atoms with Crippen molar-refractivity contribution in [1.29, 1.82) is 0 Å². The first-order valence-electron chi connectivity index (χ1n) is 10.2. The molecule has 3 amide bonds. The van der Waals surface area contributed by atoms with Gasteiger partial charge in [0.1, 0.15) is 5.71 Å². The van der Waals surface area contributed by atoms with E-state index >= 15 is 0 Å². The molecule has 1 fully saturated rings. The van der Waals surface area contributed by atoms with E-state index in [9.17, 15) is 23.2 Å². The van der Waals surface area contributed by atoms with E-state index in [0.29, 0.717) is 43.6 Å². The lowest BCUT2D eigenvalue weighted by atomic mass is 9.92. The number of rotatable bonds is 6. The fourth-order valence-corrected chi connectivity index (χ4v) is 3.77. The third-order valence-electron chi connectivity index (χ3n) is 5.51. The second kappa shape index (κ2) is 9.77. The summed E-state index contributed by atoms with van der Waals surface area (Å²) in [4.78, 5) is 38.1. The minimum absolute atomic E-state index is 0.0996. The van der Waals surface area contributed by atoms with Crippen LogP contribution in [0, 0.1) is 17.6 Å². The maximum absolute atomic E-state index is 13.2. The molecule has 2 aliphatic rings. The van der Waals surface area contributed by atoms with Gasteiger partial charge in [-0.1, -0.05) is 6.07 Å². The number of nitrogens with zero attached hydrogens (tertiary/aromatic N) is 3. The quantitative estimate of drug-likeness (QED) is 0.766. The minimum atomic E-state index is -0.938. The van der Waals surface area contributed by atoms with E-state index in [1.807, 2.05) is 0 Å². The number of benzene rings is 1. The Kier molecular flexibility index (Phi) is 7.12. The molecule has 1 saturated heterocycles. The summed E-state index contributed by atoms with van der Waals surface area (Å²) in [5, 5.41) is 8.03. The van der Waals surface area contributed by atoms with Crippen LogP contribution in [-0.2, 0) is 20.9 Å². The predicted molar refractivity (Wildman–Crippen MR) is 106 cm³/mol. The number of hydrazone groups is 1. The van der Waals surface area contributed by atoms with Gasteiger partial charge in [0.15, 0.2) is 11.6 Å². The van der Waals surface area contributed by atoms with Crippen molar-refractivity contribution in [3.8, 4) is 0 Å². The molecule has 9 heteroatoms. The Hall–Kier alpha value is -2.84. The van der Waals surface area contributed by atoms with Crippen LogP contribution in [0.1, 0.15) is 44.1 Å². The number of carbonyl (C=O) groups is 3. The lowest BCUT2D eigenvalue weighted by molar-refractivity contribution is -0.131. The van der Waals surface area contributed by atoms with E-state index in [2.05, 4.69) is 10.4 Å². The van der Waals surface area contributed by atoms with Gasteiger partial charge in [-0.3, -0.25) is 14.4 Å². The van der Waals surface area contributed by atoms with Gasteiger partial charge in [0, 0.05) is 45.9 Å². The standard InChI is InChI=1S/C21H26F2N4O3/c1-26-20(29)9-7-18(25-26)21(30)27-10-2-3-14(13-27)5-8-19(28)24-12-15-4-6-16(22)17(23)11-15/h4,6,11,14H,2-3,5,7-10,12-13H2,1H3,(H,24,28)/t14-/m1/s1. The first kappa shape index (κ1) is 21.9. The van der Waals surface area contributed by atoms with Gasteiger partial charge in [-0.05, 0) is 42.9 Å². The van der Waals surface area contributed by atoms with E-state index < -0.39 is 11.6 Å². The van der Waals surface area contributed by atoms with Crippen LogP contribution >= 0.6 is 0 Å². The van der Waals surface area contributed by atoms with Crippen molar-refractivity contribution < 1.29 is 23.2 Å². The lowest BCUT2D eigenvalue weighted by Crippen LogP contribution is -2.45. The van der Waals surface area contributed by atoms with E-state index in [4.69, 9.17) is 0 Å². The Morgan fingerprint density at radius 1 is 1.23 bits per heavy atom. The van der Waals surface area contributed by atoms with Crippen LogP contribution in [0.15, 0.2) is 23.3 Å². The summed E-state index contributed by atoms with van der Waals surface area (Å²) < 4.78 is 26.2. The van der Waals surface area contributed by atoms with Gasteiger partial charge in [0.05, 0.1) is 0 Å². The molecule has 1 N–H and O–H groups in total. The van der Waals surface area contributed by atoms with Crippen molar-refractivity contribution >= 4 is 23.4 Å². The van der Waals surface area contributed by atoms with Gasteiger partial charge in [0.25, 0.3) is 5.91 Å². The summed E-state index contributed by atoms with van der Waals surface area (Å²) >= 11 is 0. The summed E-state index contributed by atoms with van der Waals surface area (Å²) in [7, 11) is 1.55. The molecule has 7 nitrogen and oxygen atoms in total. The topological polar surface area (TPSA) is 82.1 Å². The normalized spacial score (nSPS) is 19.5. The van der Waals surface area contributed by atoms with Crippen LogP contribution in [0.25, 0.3) is 0 Å². The zero-order valence-electron chi connectivity index (χ0n) is 17.0.